The molecule has 1 aromatic rings. The first-order chi connectivity index (χ1) is 9.22. The van der Waals surface area contributed by atoms with Crippen LogP contribution in [-0.4, -0.2) is 29.6 Å². The van der Waals surface area contributed by atoms with Crippen LogP contribution in [0.15, 0.2) is 34.5 Å². The van der Waals surface area contributed by atoms with Crippen LogP contribution in [0.25, 0.3) is 0 Å². The van der Waals surface area contributed by atoms with Crippen LogP contribution in [0.5, 0.6) is 5.75 Å². The van der Waals surface area contributed by atoms with Gasteiger partial charge in [0.2, 0.25) is 5.91 Å². The molecule has 0 saturated carbocycles. The highest BCUT2D eigenvalue weighted by molar-refractivity contribution is 8.15. The Balaban J connectivity index is 1.97. The standard InChI is InChI=1S/C13H15N3O2S/c1-3-11-12(17)15-13(19-11)16-14-8-9-4-6-10(18-2)7-5-9/h4-8,11H,3H2,1-2H3,(H,15,16,17)/b14-8-/t11-/m0/s1. The average molecular weight is 277 g/mol. The number of rotatable bonds is 4. The van der Waals surface area contributed by atoms with E-state index in [0.717, 1.165) is 17.7 Å². The molecule has 1 N–H and O–H groups in total. The maximum atomic E-state index is 11.4. The third kappa shape index (κ3) is 3.57. The second-order valence-corrected chi connectivity index (χ2v) is 5.12. The van der Waals surface area contributed by atoms with E-state index in [2.05, 4.69) is 15.5 Å². The SMILES string of the molecule is CC[C@@H]1S/C(=N\N=C/c2ccc(OC)cc2)NC1=O. The highest BCUT2D eigenvalue weighted by atomic mass is 32.2. The summed E-state index contributed by atoms with van der Waals surface area (Å²) in [5.74, 6) is 0.804. The fourth-order valence-electron chi connectivity index (χ4n) is 1.56. The Morgan fingerprint density at radius 3 is 2.74 bits per heavy atom. The van der Waals surface area contributed by atoms with Crippen molar-refractivity contribution in [2.24, 2.45) is 10.2 Å². The van der Waals surface area contributed by atoms with E-state index >= 15 is 0 Å². The van der Waals surface area contributed by atoms with Gasteiger partial charge in [0, 0.05) is 0 Å². The lowest BCUT2D eigenvalue weighted by molar-refractivity contribution is -0.118. The van der Waals surface area contributed by atoms with Gasteiger partial charge in [0.1, 0.15) is 5.75 Å². The summed E-state index contributed by atoms with van der Waals surface area (Å²) in [5.41, 5.74) is 0.923. The highest BCUT2D eigenvalue weighted by Crippen LogP contribution is 2.21. The van der Waals surface area contributed by atoms with E-state index in [1.165, 1.54) is 11.8 Å². The minimum absolute atomic E-state index is 0.00546. The van der Waals surface area contributed by atoms with Crippen LogP contribution in [0.1, 0.15) is 18.9 Å². The van der Waals surface area contributed by atoms with E-state index < -0.39 is 0 Å². The lowest BCUT2D eigenvalue weighted by Crippen LogP contribution is -2.24. The van der Waals surface area contributed by atoms with Crippen molar-refractivity contribution in [3.63, 3.8) is 0 Å². The van der Waals surface area contributed by atoms with Crippen molar-refractivity contribution in [3.05, 3.63) is 29.8 Å². The Labute approximate surface area is 116 Å². The molecule has 1 aromatic carbocycles. The van der Waals surface area contributed by atoms with Crippen molar-refractivity contribution in [2.75, 3.05) is 7.11 Å². The third-order valence-corrected chi connectivity index (χ3v) is 3.86. The number of nitrogens with one attached hydrogen (secondary N) is 1. The number of amides is 1. The van der Waals surface area contributed by atoms with Crippen LogP contribution in [-0.2, 0) is 4.79 Å². The number of hydrogen-bond acceptors (Lipinski definition) is 5. The number of ether oxygens (including phenoxy) is 1. The van der Waals surface area contributed by atoms with Gasteiger partial charge < -0.3 is 10.1 Å². The first-order valence-electron chi connectivity index (χ1n) is 5.95. The molecule has 1 heterocycles. The number of benzene rings is 1. The number of amidine groups is 1. The summed E-state index contributed by atoms with van der Waals surface area (Å²) in [7, 11) is 1.62. The van der Waals surface area contributed by atoms with Crippen LogP contribution in [0.4, 0.5) is 0 Å². The number of thioether (sulfide) groups is 1. The Morgan fingerprint density at radius 1 is 1.42 bits per heavy atom. The Morgan fingerprint density at radius 2 is 2.16 bits per heavy atom. The smallest absolute Gasteiger partial charge is 0.239 e. The molecule has 5 nitrogen and oxygen atoms in total. The van der Waals surface area contributed by atoms with Crippen LogP contribution in [0, 0.1) is 0 Å². The fourth-order valence-corrected chi connectivity index (χ4v) is 2.41. The molecule has 0 bridgehead atoms. The lowest BCUT2D eigenvalue weighted by Gasteiger charge is -1.98. The van der Waals surface area contributed by atoms with Gasteiger partial charge in [-0.3, -0.25) is 4.79 Å². The molecule has 0 spiro atoms. The molecule has 1 aliphatic heterocycles. The summed E-state index contributed by atoms with van der Waals surface area (Å²) in [5, 5.41) is 11.2. The van der Waals surface area contributed by atoms with E-state index in [4.69, 9.17) is 4.74 Å². The monoisotopic (exact) mass is 277 g/mol. The second-order valence-electron chi connectivity index (χ2n) is 3.93. The summed E-state index contributed by atoms with van der Waals surface area (Å²) in [4.78, 5) is 11.4. The van der Waals surface area contributed by atoms with E-state index in [-0.39, 0.29) is 11.2 Å². The maximum absolute atomic E-state index is 11.4. The summed E-state index contributed by atoms with van der Waals surface area (Å²) in [6, 6.07) is 7.48. The number of methoxy groups -OCH3 is 1. The first kappa shape index (κ1) is 13.6. The molecule has 1 aliphatic rings. The molecule has 0 unspecified atom stereocenters. The van der Waals surface area contributed by atoms with Crippen LogP contribution < -0.4 is 10.1 Å². The largest absolute Gasteiger partial charge is 0.497 e. The van der Waals surface area contributed by atoms with Crippen molar-refractivity contribution in [1.82, 2.24) is 5.32 Å². The molecular formula is C13H15N3O2S. The first-order valence-corrected chi connectivity index (χ1v) is 6.83. The topological polar surface area (TPSA) is 63.1 Å². The Kier molecular flexibility index (Phi) is 4.57. The summed E-state index contributed by atoms with van der Waals surface area (Å²) in [6.45, 7) is 1.97. The number of carbonyl (C=O) groups excluding carboxylic acids is 1. The van der Waals surface area contributed by atoms with Gasteiger partial charge in [-0.1, -0.05) is 18.7 Å². The molecule has 1 amide bonds. The normalized spacial score (nSPS) is 21.1. The predicted molar refractivity (Wildman–Crippen MR) is 77.8 cm³/mol. The fraction of sp³-hybridized carbons (Fsp3) is 0.308. The van der Waals surface area contributed by atoms with Crippen molar-refractivity contribution in [2.45, 2.75) is 18.6 Å². The van der Waals surface area contributed by atoms with Crippen LogP contribution in [0.2, 0.25) is 0 Å². The zero-order chi connectivity index (χ0) is 13.7. The zero-order valence-electron chi connectivity index (χ0n) is 10.8. The molecule has 1 saturated heterocycles. The van der Waals surface area contributed by atoms with Crippen molar-refractivity contribution >= 4 is 29.1 Å². The Bertz CT molecular complexity index is 511. The van der Waals surface area contributed by atoms with Gasteiger partial charge in [-0.25, -0.2) is 0 Å². The number of nitrogens with zero attached hydrogens (tertiary/aromatic N) is 2. The van der Waals surface area contributed by atoms with Crippen molar-refractivity contribution in [1.29, 1.82) is 0 Å². The minimum Gasteiger partial charge on any atom is -0.497 e. The molecule has 0 aromatic heterocycles. The van der Waals surface area contributed by atoms with Crippen LogP contribution >= 0.6 is 11.8 Å². The average Bonchev–Trinajstić information content (AvgIpc) is 2.80. The Hall–Kier alpha value is -1.82. The summed E-state index contributed by atoms with van der Waals surface area (Å²) >= 11 is 1.42. The van der Waals surface area contributed by atoms with Gasteiger partial charge in [0.05, 0.1) is 18.6 Å². The molecule has 1 fully saturated rings. The third-order valence-electron chi connectivity index (χ3n) is 2.62. The summed E-state index contributed by atoms with van der Waals surface area (Å²) in [6.07, 6.45) is 2.43. The van der Waals surface area contributed by atoms with Gasteiger partial charge in [-0.2, -0.15) is 5.10 Å². The van der Waals surface area contributed by atoms with Crippen molar-refractivity contribution < 1.29 is 9.53 Å². The minimum atomic E-state index is -0.0464. The quantitative estimate of drug-likeness (QED) is 0.676. The van der Waals surface area contributed by atoms with Gasteiger partial charge in [0.15, 0.2) is 5.17 Å². The highest BCUT2D eigenvalue weighted by Gasteiger charge is 2.28. The maximum Gasteiger partial charge on any atom is 0.239 e. The molecule has 6 heteroatoms. The van der Waals surface area contributed by atoms with E-state index in [1.807, 2.05) is 31.2 Å². The summed E-state index contributed by atoms with van der Waals surface area (Å²) < 4.78 is 5.07. The van der Waals surface area contributed by atoms with E-state index in [9.17, 15) is 4.79 Å². The molecule has 100 valence electrons. The van der Waals surface area contributed by atoms with Crippen molar-refractivity contribution in [3.8, 4) is 5.75 Å². The van der Waals surface area contributed by atoms with Gasteiger partial charge >= 0.3 is 0 Å². The van der Waals surface area contributed by atoms with Gasteiger partial charge in [-0.15, -0.1) is 5.10 Å². The van der Waals surface area contributed by atoms with Gasteiger partial charge in [-0.05, 0) is 36.2 Å². The zero-order valence-corrected chi connectivity index (χ0v) is 11.6. The molecule has 1 atom stereocenters. The molecule has 19 heavy (non-hydrogen) atoms. The lowest BCUT2D eigenvalue weighted by atomic mass is 10.2. The molecule has 2 rings (SSSR count). The predicted octanol–water partition coefficient (Wildman–Crippen LogP) is 2.03. The van der Waals surface area contributed by atoms with E-state index in [1.54, 1.807) is 13.3 Å². The molecular weight excluding hydrogens is 262 g/mol. The second kappa shape index (κ2) is 6.38. The number of hydrogen-bond donors (Lipinski definition) is 1. The van der Waals surface area contributed by atoms with Gasteiger partial charge in [0.25, 0.3) is 0 Å². The number of carbonyl (C=O) groups is 1. The molecule has 0 radical (unpaired) electrons. The van der Waals surface area contributed by atoms with Crippen LogP contribution in [0.3, 0.4) is 0 Å². The van der Waals surface area contributed by atoms with E-state index in [0.29, 0.717) is 5.17 Å². The molecule has 0 aliphatic carbocycles.